The average Bonchev–Trinajstić information content (AvgIpc) is 3.39. The highest BCUT2D eigenvalue weighted by molar-refractivity contribution is 7.13. The van der Waals surface area contributed by atoms with E-state index in [0.717, 1.165) is 0 Å². The molecule has 0 N–H and O–H groups in total. The number of hydrogen-bond donors (Lipinski definition) is 0. The number of ether oxygens (including phenoxy) is 1. The van der Waals surface area contributed by atoms with E-state index in [1.54, 1.807) is 31.2 Å². The summed E-state index contributed by atoms with van der Waals surface area (Å²) in [5.41, 5.74) is 0.0799. The van der Waals surface area contributed by atoms with E-state index in [0.29, 0.717) is 9.94 Å². The van der Waals surface area contributed by atoms with Crippen LogP contribution in [0.1, 0.15) is 38.1 Å². The van der Waals surface area contributed by atoms with Gasteiger partial charge in [-0.25, -0.2) is 4.79 Å². The van der Waals surface area contributed by atoms with E-state index in [4.69, 9.17) is 14.0 Å². The van der Waals surface area contributed by atoms with Crippen molar-refractivity contribution >= 4 is 29.1 Å². The van der Waals surface area contributed by atoms with Gasteiger partial charge in [0, 0.05) is 0 Å². The topological polar surface area (TPSA) is 98.9 Å². The van der Waals surface area contributed by atoms with E-state index in [1.165, 1.54) is 23.5 Å². The second-order valence-corrected chi connectivity index (χ2v) is 6.34. The van der Waals surface area contributed by atoms with Crippen LogP contribution in [-0.2, 0) is 4.84 Å². The molecule has 3 aromatic rings. The third-order valence-corrected chi connectivity index (χ3v) is 4.59. The second kappa shape index (κ2) is 6.69. The Balaban J connectivity index is 1.62. The van der Waals surface area contributed by atoms with Gasteiger partial charge in [0.05, 0.1) is 22.6 Å². The normalized spacial score (nSPS) is 13.0. The number of imide groups is 1. The van der Waals surface area contributed by atoms with Crippen molar-refractivity contribution in [3.8, 4) is 16.7 Å². The van der Waals surface area contributed by atoms with Crippen LogP contribution in [0.2, 0.25) is 0 Å². The van der Waals surface area contributed by atoms with Crippen LogP contribution in [-0.4, -0.2) is 34.4 Å². The average molecular weight is 384 g/mol. The fourth-order valence-corrected chi connectivity index (χ4v) is 3.19. The summed E-state index contributed by atoms with van der Waals surface area (Å²) >= 11 is 1.37. The number of oxazole rings is 1. The van der Waals surface area contributed by atoms with Crippen molar-refractivity contribution in [1.82, 2.24) is 10.0 Å². The summed E-state index contributed by atoms with van der Waals surface area (Å²) in [5, 5.41) is 2.25. The first-order valence-corrected chi connectivity index (χ1v) is 8.85. The minimum absolute atomic E-state index is 0.137. The van der Waals surface area contributed by atoms with E-state index < -0.39 is 17.8 Å². The molecule has 27 heavy (non-hydrogen) atoms. The summed E-state index contributed by atoms with van der Waals surface area (Å²) in [4.78, 5) is 47.0. The van der Waals surface area contributed by atoms with Crippen LogP contribution < -0.4 is 4.74 Å². The molecule has 136 valence electrons. The van der Waals surface area contributed by atoms with Crippen molar-refractivity contribution in [2.24, 2.45) is 0 Å². The molecule has 4 rings (SSSR count). The van der Waals surface area contributed by atoms with Gasteiger partial charge < -0.3 is 14.0 Å². The Hall–Kier alpha value is -3.46. The molecule has 3 heterocycles. The van der Waals surface area contributed by atoms with Crippen molar-refractivity contribution in [2.75, 3.05) is 6.61 Å². The van der Waals surface area contributed by atoms with E-state index in [-0.39, 0.29) is 35.3 Å². The molecular formula is C18H12N2O6S. The van der Waals surface area contributed by atoms with Crippen molar-refractivity contribution in [3.05, 3.63) is 58.6 Å². The monoisotopic (exact) mass is 384 g/mol. The molecule has 0 saturated heterocycles. The smallest absolute Gasteiger partial charge is 0.389 e. The maximum absolute atomic E-state index is 12.6. The van der Waals surface area contributed by atoms with Gasteiger partial charge in [0.2, 0.25) is 11.6 Å². The van der Waals surface area contributed by atoms with Crippen LogP contribution in [0.4, 0.5) is 0 Å². The number of hydrogen-bond acceptors (Lipinski definition) is 8. The summed E-state index contributed by atoms with van der Waals surface area (Å²) in [6.45, 7) is 1.94. The van der Waals surface area contributed by atoms with Crippen LogP contribution in [0.3, 0.4) is 0 Å². The van der Waals surface area contributed by atoms with E-state index in [2.05, 4.69) is 4.98 Å². The van der Waals surface area contributed by atoms with Gasteiger partial charge >= 0.3 is 11.9 Å². The van der Waals surface area contributed by atoms with Gasteiger partial charge in [0.1, 0.15) is 0 Å². The first kappa shape index (κ1) is 17.0. The van der Waals surface area contributed by atoms with Crippen molar-refractivity contribution in [1.29, 1.82) is 0 Å². The molecule has 2 aromatic heterocycles. The molecule has 8 nitrogen and oxygen atoms in total. The minimum atomic E-state index is -1.03. The van der Waals surface area contributed by atoms with Crippen LogP contribution in [0.25, 0.3) is 10.8 Å². The number of amides is 2. The van der Waals surface area contributed by atoms with Gasteiger partial charge in [0.25, 0.3) is 11.8 Å². The lowest BCUT2D eigenvalue weighted by molar-refractivity contribution is -0.0591. The van der Waals surface area contributed by atoms with E-state index >= 15 is 0 Å². The van der Waals surface area contributed by atoms with E-state index in [9.17, 15) is 14.4 Å². The molecule has 1 aliphatic heterocycles. The summed E-state index contributed by atoms with van der Waals surface area (Å²) in [6.07, 6.45) is 0. The highest BCUT2D eigenvalue weighted by Crippen LogP contribution is 2.31. The summed E-state index contributed by atoms with van der Waals surface area (Å²) < 4.78 is 10.8. The molecule has 0 radical (unpaired) electrons. The number of thiophene rings is 1. The number of fused-ring (bicyclic) bond motifs is 1. The highest BCUT2D eigenvalue weighted by Gasteiger charge is 2.40. The summed E-state index contributed by atoms with van der Waals surface area (Å²) in [5.74, 6) is -2.42. The lowest BCUT2D eigenvalue weighted by atomic mass is 10.1. The van der Waals surface area contributed by atoms with Gasteiger partial charge in [-0.2, -0.15) is 4.98 Å². The van der Waals surface area contributed by atoms with Gasteiger partial charge in [-0.1, -0.05) is 23.3 Å². The fourth-order valence-electron chi connectivity index (χ4n) is 2.55. The van der Waals surface area contributed by atoms with Crippen LogP contribution in [0.15, 0.2) is 46.2 Å². The predicted molar refractivity (Wildman–Crippen MR) is 93.3 cm³/mol. The zero-order chi connectivity index (χ0) is 19.0. The standard InChI is InChI=1S/C18H12N2O6S/c1-2-24-18-13(19-14(25-18)12-8-5-9-27-12)17(23)26-20-15(21)10-6-3-4-7-11(10)16(20)22/h3-9H,2H2,1H3. The Morgan fingerprint density at radius 1 is 1.15 bits per heavy atom. The predicted octanol–water partition coefficient (Wildman–Crippen LogP) is 3.17. The van der Waals surface area contributed by atoms with Crippen molar-refractivity contribution in [2.45, 2.75) is 6.92 Å². The highest BCUT2D eigenvalue weighted by atomic mass is 32.1. The van der Waals surface area contributed by atoms with Crippen molar-refractivity contribution < 1.29 is 28.4 Å². The number of carbonyl (C=O) groups is 3. The first-order chi connectivity index (χ1) is 13.1. The van der Waals surface area contributed by atoms with Crippen LogP contribution in [0.5, 0.6) is 5.95 Å². The van der Waals surface area contributed by atoms with Crippen LogP contribution in [0, 0.1) is 0 Å². The number of hydroxylamine groups is 2. The van der Waals surface area contributed by atoms with Gasteiger partial charge in [-0.05, 0) is 30.5 Å². The molecule has 1 aromatic carbocycles. The lowest BCUT2D eigenvalue weighted by Gasteiger charge is -2.11. The largest absolute Gasteiger partial charge is 0.464 e. The molecule has 0 aliphatic carbocycles. The number of carbonyl (C=O) groups excluding carboxylic acids is 3. The molecule has 0 unspecified atom stereocenters. The minimum Gasteiger partial charge on any atom is -0.464 e. The summed E-state index contributed by atoms with van der Waals surface area (Å²) in [7, 11) is 0. The van der Waals surface area contributed by atoms with Gasteiger partial charge in [-0.3, -0.25) is 9.59 Å². The zero-order valence-electron chi connectivity index (χ0n) is 14.0. The Labute approximate surface area is 156 Å². The summed E-state index contributed by atoms with van der Waals surface area (Å²) in [6, 6.07) is 9.79. The molecule has 0 bridgehead atoms. The van der Waals surface area contributed by atoms with Crippen molar-refractivity contribution in [3.63, 3.8) is 0 Å². The number of nitrogens with zero attached hydrogens (tertiary/aromatic N) is 2. The molecule has 0 fully saturated rings. The molecule has 0 saturated carbocycles. The number of benzene rings is 1. The Morgan fingerprint density at radius 2 is 1.85 bits per heavy atom. The molecular weight excluding hydrogens is 372 g/mol. The SMILES string of the molecule is CCOc1oc(-c2cccs2)nc1C(=O)ON1C(=O)c2ccccc2C1=O. The van der Waals surface area contributed by atoms with Gasteiger partial charge in [-0.15, -0.1) is 11.3 Å². The van der Waals surface area contributed by atoms with Crippen LogP contribution >= 0.6 is 11.3 Å². The molecule has 0 atom stereocenters. The maximum Gasteiger partial charge on any atom is 0.389 e. The quantitative estimate of drug-likeness (QED) is 0.623. The maximum atomic E-state index is 12.6. The lowest BCUT2D eigenvalue weighted by Crippen LogP contribution is -2.32. The third kappa shape index (κ3) is 2.87. The van der Waals surface area contributed by atoms with Gasteiger partial charge in [0.15, 0.2) is 0 Å². The Bertz CT molecular complexity index is 1010. The number of rotatable bonds is 5. The zero-order valence-corrected chi connectivity index (χ0v) is 14.8. The first-order valence-electron chi connectivity index (χ1n) is 7.97. The third-order valence-electron chi connectivity index (χ3n) is 3.73. The molecule has 1 aliphatic rings. The molecule has 0 spiro atoms. The number of aromatic nitrogens is 1. The second-order valence-electron chi connectivity index (χ2n) is 5.39. The molecule has 2 amide bonds. The fraction of sp³-hybridized carbons (Fsp3) is 0.111. The Kier molecular flexibility index (Phi) is 4.21. The molecule has 9 heteroatoms. The van der Waals surface area contributed by atoms with E-state index in [1.807, 2.05) is 5.38 Å². The Morgan fingerprint density at radius 3 is 2.44 bits per heavy atom.